The summed E-state index contributed by atoms with van der Waals surface area (Å²) in [7, 11) is 8.03. The molecule has 0 saturated carbocycles. The van der Waals surface area contributed by atoms with Gasteiger partial charge in [0.2, 0.25) is 0 Å². The number of likely N-dealkylation sites (tertiary alicyclic amines) is 1. The summed E-state index contributed by atoms with van der Waals surface area (Å²) in [5.41, 5.74) is 1.20. The zero-order chi connectivity index (χ0) is 21.8. The lowest BCUT2D eigenvalue weighted by molar-refractivity contribution is 0.0645. The Labute approximate surface area is 183 Å². The van der Waals surface area contributed by atoms with E-state index >= 15 is 0 Å². The maximum absolute atomic E-state index is 10.5. The largest absolute Gasteiger partial charge is 0.493 e. The molecular formula is C24H43N3O3. The zero-order valence-electron chi connectivity index (χ0n) is 19.6. The van der Waals surface area contributed by atoms with E-state index in [4.69, 9.17) is 9.47 Å². The number of benzene rings is 1. The van der Waals surface area contributed by atoms with Crippen molar-refractivity contribution in [2.45, 2.75) is 51.2 Å². The van der Waals surface area contributed by atoms with E-state index in [-0.39, 0.29) is 6.61 Å². The number of nitrogens with zero attached hydrogens (tertiary/aromatic N) is 3. The molecule has 0 aliphatic carbocycles. The van der Waals surface area contributed by atoms with Gasteiger partial charge in [0.15, 0.2) is 11.5 Å². The van der Waals surface area contributed by atoms with Crippen molar-refractivity contribution in [3.05, 3.63) is 23.8 Å². The van der Waals surface area contributed by atoms with E-state index in [2.05, 4.69) is 41.9 Å². The second-order valence-corrected chi connectivity index (χ2v) is 8.91. The smallest absolute Gasteiger partial charge is 0.161 e. The van der Waals surface area contributed by atoms with E-state index < -0.39 is 6.10 Å². The predicted molar refractivity (Wildman–Crippen MR) is 124 cm³/mol. The van der Waals surface area contributed by atoms with Gasteiger partial charge in [-0.05, 0) is 84.3 Å². The highest BCUT2D eigenvalue weighted by atomic mass is 16.5. The van der Waals surface area contributed by atoms with Crippen LogP contribution in [0.4, 0.5) is 0 Å². The van der Waals surface area contributed by atoms with E-state index in [1.165, 1.54) is 37.7 Å². The maximum atomic E-state index is 10.5. The third-order valence-corrected chi connectivity index (χ3v) is 5.67. The van der Waals surface area contributed by atoms with Gasteiger partial charge in [0, 0.05) is 13.1 Å². The number of rotatable bonds is 12. The molecule has 172 valence electrons. The number of hydrogen-bond acceptors (Lipinski definition) is 6. The lowest BCUT2D eigenvalue weighted by Gasteiger charge is -2.26. The van der Waals surface area contributed by atoms with Gasteiger partial charge in [0.25, 0.3) is 0 Å². The molecule has 0 amide bonds. The van der Waals surface area contributed by atoms with E-state index in [1.807, 2.05) is 12.1 Å². The highest BCUT2D eigenvalue weighted by Crippen LogP contribution is 2.28. The summed E-state index contributed by atoms with van der Waals surface area (Å²) >= 11 is 0. The number of hydrogen-bond donors (Lipinski definition) is 1. The van der Waals surface area contributed by atoms with Gasteiger partial charge in [0.05, 0.1) is 7.11 Å². The molecular weight excluding hydrogens is 378 g/mol. The summed E-state index contributed by atoms with van der Waals surface area (Å²) in [6.07, 6.45) is 7.07. The molecule has 6 heteroatoms. The van der Waals surface area contributed by atoms with Gasteiger partial charge in [-0.3, -0.25) is 0 Å². The average Bonchev–Trinajstić information content (AvgIpc) is 2.68. The first-order chi connectivity index (χ1) is 14.5. The summed E-state index contributed by atoms with van der Waals surface area (Å²) in [6, 6.07) is 6.10. The van der Waals surface area contributed by atoms with Crippen LogP contribution in [0.1, 0.15) is 44.1 Å². The van der Waals surface area contributed by atoms with E-state index in [1.54, 1.807) is 7.11 Å². The highest BCUT2D eigenvalue weighted by Gasteiger charge is 2.15. The molecule has 30 heavy (non-hydrogen) atoms. The molecule has 1 saturated heterocycles. The maximum Gasteiger partial charge on any atom is 0.161 e. The number of ether oxygens (including phenoxy) is 2. The lowest BCUT2D eigenvalue weighted by atomic mass is 10.1. The Hall–Kier alpha value is -1.34. The first kappa shape index (κ1) is 24.9. The second kappa shape index (κ2) is 13.9. The zero-order valence-corrected chi connectivity index (χ0v) is 19.6. The molecule has 0 bridgehead atoms. The molecule has 1 aromatic rings. The Bertz CT molecular complexity index is 589. The Kier molecular flexibility index (Phi) is 11.5. The fourth-order valence-corrected chi connectivity index (χ4v) is 4.01. The SMILES string of the molecule is COc1cc(CN(C)CCCN(C)C)ccc1OC[C@@H](O)CN1CCCCCCC1. The topological polar surface area (TPSA) is 48.4 Å². The summed E-state index contributed by atoms with van der Waals surface area (Å²) < 4.78 is 11.5. The van der Waals surface area contributed by atoms with Crippen molar-refractivity contribution in [2.75, 3.05) is 67.6 Å². The Morgan fingerprint density at radius 2 is 1.70 bits per heavy atom. The molecule has 1 N–H and O–H groups in total. The summed E-state index contributed by atoms with van der Waals surface area (Å²) in [6.45, 7) is 6.16. The van der Waals surface area contributed by atoms with Crippen LogP contribution in [0.15, 0.2) is 18.2 Å². The monoisotopic (exact) mass is 421 g/mol. The van der Waals surface area contributed by atoms with Crippen molar-refractivity contribution in [3.63, 3.8) is 0 Å². The molecule has 2 rings (SSSR count). The molecule has 1 fully saturated rings. The van der Waals surface area contributed by atoms with Crippen LogP contribution in [-0.2, 0) is 6.54 Å². The van der Waals surface area contributed by atoms with Crippen molar-refractivity contribution >= 4 is 0 Å². The predicted octanol–water partition coefficient (Wildman–Crippen LogP) is 3.08. The molecule has 1 aliphatic rings. The molecule has 1 aliphatic heterocycles. The molecule has 1 atom stereocenters. The Balaban J connectivity index is 1.80. The third-order valence-electron chi connectivity index (χ3n) is 5.67. The highest BCUT2D eigenvalue weighted by molar-refractivity contribution is 5.43. The van der Waals surface area contributed by atoms with Crippen molar-refractivity contribution in [2.24, 2.45) is 0 Å². The van der Waals surface area contributed by atoms with Crippen LogP contribution in [0.2, 0.25) is 0 Å². The van der Waals surface area contributed by atoms with Crippen molar-refractivity contribution in [3.8, 4) is 11.5 Å². The van der Waals surface area contributed by atoms with Crippen molar-refractivity contribution in [1.29, 1.82) is 0 Å². The van der Waals surface area contributed by atoms with Gasteiger partial charge in [-0.15, -0.1) is 0 Å². The molecule has 1 aromatic carbocycles. The van der Waals surface area contributed by atoms with Crippen molar-refractivity contribution in [1.82, 2.24) is 14.7 Å². The molecule has 6 nitrogen and oxygen atoms in total. The first-order valence-electron chi connectivity index (χ1n) is 11.5. The van der Waals surface area contributed by atoms with Gasteiger partial charge in [0.1, 0.15) is 12.7 Å². The van der Waals surface area contributed by atoms with Gasteiger partial charge < -0.3 is 29.3 Å². The van der Waals surface area contributed by atoms with Gasteiger partial charge in [-0.25, -0.2) is 0 Å². The number of methoxy groups -OCH3 is 1. The third kappa shape index (κ3) is 9.65. The molecule has 1 heterocycles. The molecule has 0 spiro atoms. The summed E-state index contributed by atoms with van der Waals surface area (Å²) in [5, 5.41) is 10.5. The van der Waals surface area contributed by atoms with Crippen molar-refractivity contribution < 1.29 is 14.6 Å². The minimum absolute atomic E-state index is 0.288. The lowest BCUT2D eigenvalue weighted by Crippen LogP contribution is -2.37. The van der Waals surface area contributed by atoms with Crippen LogP contribution in [0.3, 0.4) is 0 Å². The van der Waals surface area contributed by atoms with Crippen LogP contribution in [0.5, 0.6) is 11.5 Å². The molecule has 0 unspecified atom stereocenters. The fraction of sp³-hybridized carbons (Fsp3) is 0.750. The fourth-order valence-electron chi connectivity index (χ4n) is 4.01. The van der Waals surface area contributed by atoms with Crippen LogP contribution in [0, 0.1) is 0 Å². The van der Waals surface area contributed by atoms with E-state index in [0.717, 1.165) is 44.9 Å². The minimum Gasteiger partial charge on any atom is -0.493 e. The number of aliphatic hydroxyl groups excluding tert-OH is 1. The summed E-state index contributed by atoms with van der Waals surface area (Å²) in [4.78, 5) is 6.91. The number of aliphatic hydroxyl groups is 1. The normalized spacial score (nSPS) is 17.0. The quantitative estimate of drug-likeness (QED) is 0.560. The minimum atomic E-state index is -0.489. The average molecular weight is 422 g/mol. The molecule has 0 radical (unpaired) electrons. The van der Waals surface area contributed by atoms with E-state index in [9.17, 15) is 5.11 Å². The van der Waals surface area contributed by atoms with Gasteiger partial charge in [-0.2, -0.15) is 0 Å². The van der Waals surface area contributed by atoms with Crippen LogP contribution >= 0.6 is 0 Å². The first-order valence-corrected chi connectivity index (χ1v) is 11.5. The molecule has 0 aromatic heterocycles. The van der Waals surface area contributed by atoms with Gasteiger partial charge in [-0.1, -0.05) is 25.3 Å². The van der Waals surface area contributed by atoms with Crippen LogP contribution < -0.4 is 9.47 Å². The Morgan fingerprint density at radius 3 is 2.37 bits per heavy atom. The van der Waals surface area contributed by atoms with E-state index in [0.29, 0.717) is 12.3 Å². The van der Waals surface area contributed by atoms with Gasteiger partial charge >= 0.3 is 0 Å². The standard InChI is InChI=1S/C24H43N3O3/c1-25(2)13-10-14-26(3)18-21-11-12-23(24(17-21)29-4)30-20-22(28)19-27-15-8-6-5-7-9-16-27/h11-12,17,22,28H,5-10,13-16,18-20H2,1-4H3/t22-/m0/s1. The number of β-amino-alcohol motifs (C(OH)–C–C–N with tert-alkyl or cyclic N) is 1. The Morgan fingerprint density at radius 1 is 1.00 bits per heavy atom. The van der Waals surface area contributed by atoms with Crippen LogP contribution in [-0.4, -0.2) is 93.5 Å². The summed E-state index contributed by atoms with van der Waals surface area (Å²) in [5.74, 6) is 1.43. The van der Waals surface area contributed by atoms with Crippen LogP contribution in [0.25, 0.3) is 0 Å². The second-order valence-electron chi connectivity index (χ2n) is 8.91.